The van der Waals surface area contributed by atoms with Crippen LogP contribution >= 0.6 is 0 Å². The van der Waals surface area contributed by atoms with Gasteiger partial charge < -0.3 is 15.0 Å². The van der Waals surface area contributed by atoms with Crippen molar-refractivity contribution in [1.82, 2.24) is 14.8 Å². The average molecular weight is 376 g/mol. The van der Waals surface area contributed by atoms with Crippen molar-refractivity contribution in [3.63, 3.8) is 0 Å². The molecule has 0 radical (unpaired) electrons. The minimum absolute atomic E-state index is 0.0866. The Morgan fingerprint density at radius 3 is 2.57 bits per heavy atom. The third-order valence-electron chi connectivity index (χ3n) is 5.10. The number of carbonyl (C=O) groups is 1. The van der Waals surface area contributed by atoms with Crippen LogP contribution in [-0.2, 0) is 6.54 Å². The zero-order chi connectivity index (χ0) is 19.3. The Morgan fingerprint density at radius 2 is 1.82 bits per heavy atom. The van der Waals surface area contributed by atoms with Crippen molar-refractivity contribution in [3.8, 4) is 5.75 Å². The summed E-state index contributed by atoms with van der Waals surface area (Å²) >= 11 is 0. The number of nitrogens with zero attached hydrogens (tertiary/aromatic N) is 3. The molecule has 6 nitrogen and oxygen atoms in total. The van der Waals surface area contributed by atoms with Crippen LogP contribution < -0.4 is 10.1 Å². The summed E-state index contributed by atoms with van der Waals surface area (Å²) in [6.07, 6.45) is 1.69. The number of methoxy groups -OCH3 is 1. The first-order valence-corrected chi connectivity index (χ1v) is 9.48. The molecule has 2 heterocycles. The summed E-state index contributed by atoms with van der Waals surface area (Å²) in [5.74, 6) is 0.746. The molecule has 1 fully saturated rings. The maximum atomic E-state index is 12.8. The quantitative estimate of drug-likeness (QED) is 0.756. The van der Waals surface area contributed by atoms with E-state index < -0.39 is 0 Å². The lowest BCUT2D eigenvalue weighted by molar-refractivity contribution is 0.143. The van der Waals surface area contributed by atoms with E-state index in [4.69, 9.17) is 4.74 Å². The summed E-state index contributed by atoms with van der Waals surface area (Å²) in [4.78, 5) is 21.4. The van der Waals surface area contributed by atoms with E-state index in [1.165, 1.54) is 5.56 Å². The van der Waals surface area contributed by atoms with E-state index in [2.05, 4.69) is 39.5 Å². The van der Waals surface area contributed by atoms with Gasteiger partial charge in [-0.2, -0.15) is 0 Å². The van der Waals surface area contributed by atoms with Crippen molar-refractivity contribution in [2.75, 3.05) is 38.6 Å². The van der Waals surface area contributed by atoms with Crippen molar-refractivity contribution < 1.29 is 9.53 Å². The SMILES string of the molecule is COc1ccnc2c(NC(=O)N3CCN(Cc4ccccc4)CC3)cccc12. The van der Waals surface area contributed by atoms with Gasteiger partial charge in [0.1, 0.15) is 5.75 Å². The number of benzene rings is 2. The first-order valence-electron chi connectivity index (χ1n) is 9.48. The van der Waals surface area contributed by atoms with Gasteiger partial charge in [0.2, 0.25) is 0 Å². The van der Waals surface area contributed by atoms with Gasteiger partial charge in [-0.05, 0) is 23.8 Å². The predicted molar refractivity (Wildman–Crippen MR) is 111 cm³/mol. The van der Waals surface area contributed by atoms with Gasteiger partial charge in [-0.15, -0.1) is 0 Å². The van der Waals surface area contributed by atoms with Gasteiger partial charge in [-0.3, -0.25) is 9.88 Å². The molecule has 0 aliphatic carbocycles. The number of ether oxygens (including phenoxy) is 1. The summed E-state index contributed by atoms with van der Waals surface area (Å²) in [7, 11) is 1.63. The lowest BCUT2D eigenvalue weighted by Gasteiger charge is -2.34. The number of rotatable bonds is 4. The molecule has 0 bridgehead atoms. The number of piperazine rings is 1. The molecule has 6 heteroatoms. The lowest BCUT2D eigenvalue weighted by Crippen LogP contribution is -2.49. The zero-order valence-corrected chi connectivity index (χ0v) is 16.0. The lowest BCUT2D eigenvalue weighted by atomic mass is 10.1. The van der Waals surface area contributed by atoms with Gasteiger partial charge in [0.25, 0.3) is 0 Å². The molecule has 3 aromatic rings. The predicted octanol–water partition coefficient (Wildman–Crippen LogP) is 3.59. The van der Waals surface area contributed by atoms with Crippen molar-refractivity contribution >= 4 is 22.6 Å². The van der Waals surface area contributed by atoms with Gasteiger partial charge in [0, 0.05) is 44.3 Å². The van der Waals surface area contributed by atoms with Crippen LogP contribution in [0.1, 0.15) is 5.56 Å². The molecule has 1 saturated heterocycles. The molecule has 1 aromatic heterocycles. The maximum Gasteiger partial charge on any atom is 0.321 e. The molecule has 28 heavy (non-hydrogen) atoms. The van der Waals surface area contributed by atoms with Crippen molar-refractivity contribution in [3.05, 3.63) is 66.4 Å². The molecule has 0 spiro atoms. The average Bonchev–Trinajstić information content (AvgIpc) is 2.75. The van der Waals surface area contributed by atoms with E-state index in [0.717, 1.165) is 36.3 Å². The molecular formula is C22H24N4O2. The van der Waals surface area contributed by atoms with E-state index >= 15 is 0 Å². The van der Waals surface area contributed by atoms with Gasteiger partial charge in [-0.25, -0.2) is 4.79 Å². The number of carbonyl (C=O) groups excluding carboxylic acids is 1. The topological polar surface area (TPSA) is 57.7 Å². The summed E-state index contributed by atoms with van der Waals surface area (Å²) < 4.78 is 5.40. The number of hydrogen-bond acceptors (Lipinski definition) is 4. The van der Waals surface area contributed by atoms with Crippen molar-refractivity contribution in [2.24, 2.45) is 0 Å². The molecule has 1 N–H and O–H groups in total. The molecule has 2 amide bonds. The van der Waals surface area contributed by atoms with Crippen LogP contribution in [0, 0.1) is 0 Å². The standard InChI is InChI=1S/C22H24N4O2/c1-28-20-10-11-23-21-18(20)8-5-9-19(21)24-22(27)26-14-12-25(13-15-26)16-17-6-3-2-4-7-17/h2-11H,12-16H2,1H3,(H,24,27). The number of para-hydroxylation sites is 1. The Morgan fingerprint density at radius 1 is 1.04 bits per heavy atom. The van der Waals surface area contributed by atoms with E-state index in [1.807, 2.05) is 35.2 Å². The monoisotopic (exact) mass is 376 g/mol. The summed E-state index contributed by atoms with van der Waals surface area (Å²) in [5, 5.41) is 3.91. The van der Waals surface area contributed by atoms with E-state index in [-0.39, 0.29) is 6.03 Å². The van der Waals surface area contributed by atoms with Crippen LogP contribution in [0.3, 0.4) is 0 Å². The molecule has 0 saturated carbocycles. The highest BCUT2D eigenvalue weighted by Gasteiger charge is 2.22. The second-order valence-corrected chi connectivity index (χ2v) is 6.89. The minimum Gasteiger partial charge on any atom is -0.496 e. The highest BCUT2D eigenvalue weighted by atomic mass is 16.5. The summed E-state index contributed by atoms with van der Waals surface area (Å²) in [6, 6.07) is 17.9. The Kier molecular flexibility index (Phi) is 5.39. The number of urea groups is 1. The third-order valence-corrected chi connectivity index (χ3v) is 5.10. The number of anilines is 1. The fourth-order valence-electron chi connectivity index (χ4n) is 3.57. The fraction of sp³-hybridized carbons (Fsp3) is 0.273. The second-order valence-electron chi connectivity index (χ2n) is 6.89. The number of fused-ring (bicyclic) bond motifs is 1. The molecule has 1 aliphatic heterocycles. The number of aromatic nitrogens is 1. The Bertz CT molecular complexity index is 953. The molecule has 0 atom stereocenters. The van der Waals surface area contributed by atoms with Gasteiger partial charge in [0.05, 0.1) is 18.3 Å². The van der Waals surface area contributed by atoms with Crippen LogP contribution in [0.15, 0.2) is 60.8 Å². The van der Waals surface area contributed by atoms with E-state index in [1.54, 1.807) is 13.3 Å². The first kappa shape index (κ1) is 18.3. The molecule has 144 valence electrons. The maximum absolute atomic E-state index is 12.8. The number of nitrogens with one attached hydrogen (secondary N) is 1. The third kappa shape index (κ3) is 3.92. The first-order chi connectivity index (χ1) is 13.7. The Hall–Kier alpha value is -3.12. The molecule has 2 aromatic carbocycles. The van der Waals surface area contributed by atoms with E-state index in [9.17, 15) is 4.79 Å². The Balaban J connectivity index is 1.39. The number of amides is 2. The second kappa shape index (κ2) is 8.27. The minimum atomic E-state index is -0.0866. The fourth-order valence-corrected chi connectivity index (χ4v) is 3.57. The smallest absolute Gasteiger partial charge is 0.321 e. The number of pyridine rings is 1. The van der Waals surface area contributed by atoms with Gasteiger partial charge in [0.15, 0.2) is 0 Å². The van der Waals surface area contributed by atoms with Gasteiger partial charge in [-0.1, -0.05) is 36.4 Å². The van der Waals surface area contributed by atoms with Crippen molar-refractivity contribution in [1.29, 1.82) is 0 Å². The number of hydrogen-bond donors (Lipinski definition) is 1. The van der Waals surface area contributed by atoms with Crippen LogP contribution in [-0.4, -0.2) is 54.1 Å². The van der Waals surface area contributed by atoms with Crippen LogP contribution in [0.5, 0.6) is 5.75 Å². The van der Waals surface area contributed by atoms with Crippen LogP contribution in [0.2, 0.25) is 0 Å². The summed E-state index contributed by atoms with van der Waals surface area (Å²) in [6.45, 7) is 4.07. The largest absolute Gasteiger partial charge is 0.496 e. The van der Waals surface area contributed by atoms with Crippen LogP contribution in [0.4, 0.5) is 10.5 Å². The zero-order valence-electron chi connectivity index (χ0n) is 16.0. The van der Waals surface area contributed by atoms with Crippen molar-refractivity contribution in [2.45, 2.75) is 6.54 Å². The van der Waals surface area contributed by atoms with Gasteiger partial charge >= 0.3 is 6.03 Å². The Labute approximate surface area is 164 Å². The molecule has 1 aliphatic rings. The molecule has 0 unspecified atom stereocenters. The van der Waals surface area contributed by atoms with E-state index in [0.29, 0.717) is 18.8 Å². The molecular weight excluding hydrogens is 352 g/mol. The normalized spacial score (nSPS) is 14.8. The highest BCUT2D eigenvalue weighted by Crippen LogP contribution is 2.28. The summed E-state index contributed by atoms with van der Waals surface area (Å²) in [5.41, 5.74) is 2.74. The van der Waals surface area contributed by atoms with Crippen LogP contribution in [0.25, 0.3) is 10.9 Å². The highest BCUT2D eigenvalue weighted by molar-refractivity contribution is 6.01. The molecule has 4 rings (SSSR count).